The maximum atomic E-state index is 10.8. The van der Waals surface area contributed by atoms with Crippen molar-refractivity contribution >= 4 is 17.0 Å². The van der Waals surface area contributed by atoms with E-state index in [-0.39, 0.29) is 10.6 Å². The molecular formula is C14H16N2O2S. The smallest absolute Gasteiger partial charge is 0.270 e. The summed E-state index contributed by atoms with van der Waals surface area (Å²) in [4.78, 5) is 12.7. The van der Waals surface area contributed by atoms with E-state index in [0.717, 1.165) is 16.9 Å². The minimum Gasteiger partial charge on any atom is -0.330 e. The second kappa shape index (κ2) is 5.95. The molecule has 1 aromatic carbocycles. The fourth-order valence-corrected chi connectivity index (χ4v) is 3.03. The SMILES string of the molecule is CC(CCN)c1ccc(-c2cccc([N+](=O)[O-])c2)s1. The third kappa shape index (κ3) is 3.19. The number of hydrogen-bond acceptors (Lipinski definition) is 4. The molecule has 0 saturated carbocycles. The molecular weight excluding hydrogens is 260 g/mol. The summed E-state index contributed by atoms with van der Waals surface area (Å²) in [5.41, 5.74) is 6.59. The quantitative estimate of drug-likeness (QED) is 0.667. The third-order valence-corrected chi connectivity index (χ3v) is 4.42. The third-order valence-electron chi connectivity index (χ3n) is 3.05. The van der Waals surface area contributed by atoms with Crippen molar-refractivity contribution in [3.05, 3.63) is 51.4 Å². The van der Waals surface area contributed by atoms with E-state index in [1.54, 1.807) is 23.5 Å². The normalized spacial score (nSPS) is 12.3. The van der Waals surface area contributed by atoms with Crippen LogP contribution in [0.2, 0.25) is 0 Å². The van der Waals surface area contributed by atoms with Gasteiger partial charge in [0.1, 0.15) is 0 Å². The fourth-order valence-electron chi connectivity index (χ4n) is 1.94. The minimum atomic E-state index is -0.366. The number of nitrogens with two attached hydrogens (primary N) is 1. The van der Waals surface area contributed by atoms with Crippen LogP contribution in [0.4, 0.5) is 5.69 Å². The first-order valence-corrected chi connectivity index (χ1v) is 6.98. The molecule has 0 aliphatic carbocycles. The highest BCUT2D eigenvalue weighted by Crippen LogP contribution is 2.34. The van der Waals surface area contributed by atoms with Crippen LogP contribution in [0.25, 0.3) is 10.4 Å². The molecule has 0 spiro atoms. The highest BCUT2D eigenvalue weighted by atomic mass is 32.1. The van der Waals surface area contributed by atoms with Gasteiger partial charge in [-0.2, -0.15) is 0 Å². The topological polar surface area (TPSA) is 69.2 Å². The molecule has 19 heavy (non-hydrogen) atoms. The van der Waals surface area contributed by atoms with Crippen LogP contribution in [-0.2, 0) is 0 Å². The van der Waals surface area contributed by atoms with Crippen LogP contribution in [0.1, 0.15) is 24.1 Å². The van der Waals surface area contributed by atoms with Gasteiger partial charge in [0, 0.05) is 21.9 Å². The zero-order chi connectivity index (χ0) is 13.8. The van der Waals surface area contributed by atoms with Crippen molar-refractivity contribution in [2.24, 2.45) is 5.73 Å². The summed E-state index contributed by atoms with van der Waals surface area (Å²) in [6, 6.07) is 10.8. The summed E-state index contributed by atoms with van der Waals surface area (Å²) in [6.07, 6.45) is 0.953. The number of nitro benzene ring substituents is 1. The summed E-state index contributed by atoms with van der Waals surface area (Å²) >= 11 is 1.68. The van der Waals surface area contributed by atoms with Gasteiger partial charge in [0.05, 0.1) is 4.92 Å². The van der Waals surface area contributed by atoms with Crippen molar-refractivity contribution < 1.29 is 4.92 Å². The van der Waals surface area contributed by atoms with E-state index < -0.39 is 0 Å². The maximum Gasteiger partial charge on any atom is 0.270 e. The molecule has 0 fully saturated rings. The number of hydrogen-bond donors (Lipinski definition) is 1. The Morgan fingerprint density at radius 1 is 1.37 bits per heavy atom. The van der Waals surface area contributed by atoms with Crippen LogP contribution in [-0.4, -0.2) is 11.5 Å². The van der Waals surface area contributed by atoms with Gasteiger partial charge in [-0.1, -0.05) is 19.1 Å². The molecule has 1 aromatic heterocycles. The average molecular weight is 276 g/mol. The standard InChI is InChI=1S/C14H16N2O2S/c1-10(7-8-15)13-5-6-14(19-13)11-3-2-4-12(9-11)16(17)18/h2-6,9-10H,7-8,15H2,1H3. The van der Waals surface area contributed by atoms with Gasteiger partial charge >= 0.3 is 0 Å². The number of thiophene rings is 1. The summed E-state index contributed by atoms with van der Waals surface area (Å²) in [6.45, 7) is 2.82. The molecule has 1 heterocycles. The van der Waals surface area contributed by atoms with Crippen LogP contribution >= 0.6 is 11.3 Å². The predicted octanol–water partition coefficient (Wildman–Crippen LogP) is 3.78. The lowest BCUT2D eigenvalue weighted by Crippen LogP contribution is -2.03. The van der Waals surface area contributed by atoms with Gasteiger partial charge in [-0.15, -0.1) is 11.3 Å². The van der Waals surface area contributed by atoms with Crippen LogP contribution < -0.4 is 5.73 Å². The molecule has 1 unspecified atom stereocenters. The van der Waals surface area contributed by atoms with Crippen LogP contribution in [0.5, 0.6) is 0 Å². The summed E-state index contributed by atoms with van der Waals surface area (Å²) in [5.74, 6) is 0.433. The Bertz CT molecular complexity index is 580. The number of non-ortho nitro benzene ring substituents is 1. The number of nitrogens with zero attached hydrogens (tertiary/aromatic N) is 1. The molecule has 1 atom stereocenters. The Morgan fingerprint density at radius 3 is 2.84 bits per heavy atom. The van der Waals surface area contributed by atoms with E-state index in [9.17, 15) is 10.1 Å². The molecule has 2 rings (SSSR count). The Morgan fingerprint density at radius 2 is 2.16 bits per heavy atom. The second-order valence-corrected chi connectivity index (χ2v) is 5.60. The van der Waals surface area contributed by atoms with Gasteiger partial charge in [-0.25, -0.2) is 0 Å². The van der Waals surface area contributed by atoms with Gasteiger partial charge in [0.15, 0.2) is 0 Å². The Kier molecular flexibility index (Phi) is 4.29. The fraction of sp³-hybridized carbons (Fsp3) is 0.286. The second-order valence-electron chi connectivity index (χ2n) is 4.49. The molecule has 2 N–H and O–H groups in total. The summed E-state index contributed by atoms with van der Waals surface area (Å²) in [5, 5.41) is 10.8. The van der Waals surface area contributed by atoms with E-state index in [1.165, 1.54) is 10.9 Å². The van der Waals surface area contributed by atoms with Gasteiger partial charge in [0.25, 0.3) is 5.69 Å². The predicted molar refractivity (Wildman–Crippen MR) is 78.5 cm³/mol. The molecule has 0 radical (unpaired) electrons. The van der Waals surface area contributed by atoms with Crippen molar-refractivity contribution in [3.63, 3.8) is 0 Å². The van der Waals surface area contributed by atoms with Crippen molar-refractivity contribution in [3.8, 4) is 10.4 Å². The van der Waals surface area contributed by atoms with E-state index in [2.05, 4.69) is 13.0 Å². The first-order chi connectivity index (χ1) is 9.11. The molecule has 0 bridgehead atoms. The van der Waals surface area contributed by atoms with Gasteiger partial charge < -0.3 is 5.73 Å². The largest absolute Gasteiger partial charge is 0.330 e. The van der Waals surface area contributed by atoms with Crippen molar-refractivity contribution in [2.75, 3.05) is 6.54 Å². The minimum absolute atomic E-state index is 0.127. The number of nitro groups is 1. The highest BCUT2D eigenvalue weighted by molar-refractivity contribution is 7.15. The van der Waals surface area contributed by atoms with E-state index in [0.29, 0.717) is 12.5 Å². The van der Waals surface area contributed by atoms with Gasteiger partial charge in [-0.3, -0.25) is 10.1 Å². The Hall–Kier alpha value is -1.72. The first kappa shape index (κ1) is 13.7. The number of rotatable bonds is 5. The zero-order valence-corrected chi connectivity index (χ0v) is 11.5. The average Bonchev–Trinajstić information content (AvgIpc) is 2.89. The zero-order valence-electron chi connectivity index (χ0n) is 10.7. The van der Waals surface area contributed by atoms with Crippen molar-refractivity contribution in [1.29, 1.82) is 0 Å². The Labute approximate surface area is 116 Å². The van der Waals surface area contributed by atoms with Crippen LogP contribution in [0.3, 0.4) is 0 Å². The number of benzene rings is 1. The Balaban J connectivity index is 2.27. The molecule has 0 saturated heterocycles. The molecule has 100 valence electrons. The molecule has 0 amide bonds. The summed E-state index contributed by atoms with van der Waals surface area (Å²) < 4.78 is 0. The monoisotopic (exact) mass is 276 g/mol. The van der Waals surface area contributed by atoms with Gasteiger partial charge in [-0.05, 0) is 36.6 Å². The lowest BCUT2D eigenvalue weighted by molar-refractivity contribution is -0.384. The van der Waals surface area contributed by atoms with Crippen molar-refractivity contribution in [2.45, 2.75) is 19.3 Å². The molecule has 0 aliphatic rings. The highest BCUT2D eigenvalue weighted by Gasteiger charge is 2.11. The maximum absolute atomic E-state index is 10.8. The van der Waals surface area contributed by atoms with E-state index in [1.807, 2.05) is 12.1 Å². The van der Waals surface area contributed by atoms with E-state index >= 15 is 0 Å². The van der Waals surface area contributed by atoms with E-state index in [4.69, 9.17) is 5.73 Å². The van der Waals surface area contributed by atoms with Crippen molar-refractivity contribution in [1.82, 2.24) is 0 Å². The molecule has 5 heteroatoms. The molecule has 0 aliphatic heterocycles. The molecule has 4 nitrogen and oxygen atoms in total. The molecule has 2 aromatic rings. The summed E-state index contributed by atoms with van der Waals surface area (Å²) in [7, 11) is 0. The van der Waals surface area contributed by atoms with Crippen LogP contribution in [0.15, 0.2) is 36.4 Å². The van der Waals surface area contributed by atoms with Crippen LogP contribution in [0, 0.1) is 10.1 Å². The lowest BCUT2D eigenvalue weighted by atomic mass is 10.1. The lowest BCUT2D eigenvalue weighted by Gasteiger charge is -2.06. The van der Waals surface area contributed by atoms with Gasteiger partial charge in [0.2, 0.25) is 0 Å². The first-order valence-electron chi connectivity index (χ1n) is 6.16.